The molecule has 146 valence electrons. The van der Waals surface area contributed by atoms with E-state index in [9.17, 15) is 27.7 Å². The minimum absolute atomic E-state index is 0.0215. The van der Waals surface area contributed by atoms with Gasteiger partial charge >= 0.3 is 18.2 Å². The van der Waals surface area contributed by atoms with E-state index in [1.54, 1.807) is 6.92 Å². The Kier molecular flexibility index (Phi) is 4.57. The number of nitrogens with zero attached hydrogens (tertiary/aromatic N) is 3. The van der Waals surface area contributed by atoms with Crippen LogP contribution in [0.3, 0.4) is 0 Å². The van der Waals surface area contributed by atoms with Gasteiger partial charge < -0.3 is 24.3 Å². The second kappa shape index (κ2) is 6.59. The van der Waals surface area contributed by atoms with Gasteiger partial charge in [0.05, 0.1) is 0 Å². The van der Waals surface area contributed by atoms with Crippen LogP contribution in [-0.4, -0.2) is 33.0 Å². The molecule has 0 radical (unpaired) electrons. The second-order valence-corrected chi connectivity index (χ2v) is 6.06. The van der Waals surface area contributed by atoms with E-state index < -0.39 is 28.5 Å². The number of rotatable bonds is 5. The predicted molar refractivity (Wildman–Crippen MR) is 81.1 cm³/mol. The monoisotopic (exact) mass is 391 g/mol. The second-order valence-electron chi connectivity index (χ2n) is 6.06. The average Bonchev–Trinajstić information content (AvgIpc) is 2.97. The number of imidazole rings is 1. The molecule has 8 nitrogen and oxygen atoms in total. The molecule has 0 spiro atoms. The van der Waals surface area contributed by atoms with Crippen molar-refractivity contribution in [1.82, 2.24) is 9.55 Å². The molecule has 1 aromatic carbocycles. The van der Waals surface area contributed by atoms with Gasteiger partial charge in [-0.15, -0.1) is 13.2 Å². The number of hydrogen-bond donors (Lipinski definition) is 0. The Bertz CT molecular complexity index is 870. The Hall–Kier alpha value is -3.05. The van der Waals surface area contributed by atoms with Gasteiger partial charge in [-0.05, 0) is 24.0 Å². The lowest BCUT2D eigenvalue weighted by atomic mass is 10.0. The third-order valence-corrected chi connectivity index (χ3v) is 3.81. The van der Waals surface area contributed by atoms with Crippen LogP contribution in [0.1, 0.15) is 13.3 Å². The molecule has 2 heterocycles. The van der Waals surface area contributed by atoms with Gasteiger partial charge in [-0.1, -0.05) is 0 Å². The molecule has 0 fully saturated rings. The van der Waals surface area contributed by atoms with Gasteiger partial charge in [0.1, 0.15) is 24.2 Å². The van der Waals surface area contributed by atoms with Crippen LogP contribution in [0.4, 0.5) is 23.4 Å². The number of alkyl halides is 3. The van der Waals surface area contributed by atoms with E-state index in [-0.39, 0.29) is 24.2 Å². The number of aromatic nitrogens is 2. The topological polar surface area (TPSA) is 88.7 Å². The first-order valence-corrected chi connectivity index (χ1v) is 7.63. The van der Waals surface area contributed by atoms with E-state index in [0.29, 0.717) is 13.0 Å². The Morgan fingerprint density at radius 2 is 2.19 bits per heavy atom. The maximum Gasteiger partial charge on any atom is 0.573 e. The Morgan fingerprint density at radius 1 is 1.44 bits per heavy atom. The van der Waals surface area contributed by atoms with Crippen molar-refractivity contribution in [3.8, 4) is 17.5 Å². The third-order valence-electron chi connectivity index (χ3n) is 3.81. The molecule has 1 aliphatic heterocycles. The summed E-state index contributed by atoms with van der Waals surface area (Å²) in [7, 11) is 0. The van der Waals surface area contributed by atoms with E-state index in [1.165, 1.54) is 10.8 Å². The summed E-state index contributed by atoms with van der Waals surface area (Å²) in [5.74, 6) is -2.57. The molecular formula is C15H13F4N3O5. The van der Waals surface area contributed by atoms with E-state index >= 15 is 0 Å². The van der Waals surface area contributed by atoms with E-state index in [2.05, 4.69) is 9.72 Å². The molecule has 0 N–H and O–H groups in total. The lowest BCUT2D eigenvalue weighted by Gasteiger charge is -2.32. The fourth-order valence-electron chi connectivity index (χ4n) is 2.46. The van der Waals surface area contributed by atoms with Crippen molar-refractivity contribution in [2.24, 2.45) is 0 Å². The first-order valence-electron chi connectivity index (χ1n) is 7.63. The van der Waals surface area contributed by atoms with Gasteiger partial charge in [0.15, 0.2) is 11.6 Å². The smallest absolute Gasteiger partial charge is 0.489 e. The summed E-state index contributed by atoms with van der Waals surface area (Å²) in [5, 5.41) is 10.8. The van der Waals surface area contributed by atoms with Gasteiger partial charge in [0, 0.05) is 24.0 Å². The van der Waals surface area contributed by atoms with Crippen LogP contribution >= 0.6 is 0 Å². The van der Waals surface area contributed by atoms with Crippen LogP contribution in [0.5, 0.6) is 17.5 Å². The quantitative estimate of drug-likeness (QED) is 0.441. The summed E-state index contributed by atoms with van der Waals surface area (Å²) in [6, 6.07) is 2.75. The van der Waals surface area contributed by atoms with E-state index in [1.807, 2.05) is 0 Å². The zero-order valence-corrected chi connectivity index (χ0v) is 13.8. The highest BCUT2D eigenvalue weighted by Gasteiger charge is 2.37. The number of aryl methyl sites for hydroxylation is 1. The number of fused-ring (bicyclic) bond motifs is 1. The molecule has 1 unspecified atom stereocenters. The normalized spacial score (nSPS) is 19.1. The maximum atomic E-state index is 13.7. The van der Waals surface area contributed by atoms with Gasteiger partial charge in [-0.2, -0.15) is 0 Å². The average molecular weight is 391 g/mol. The maximum absolute atomic E-state index is 13.7. The van der Waals surface area contributed by atoms with Gasteiger partial charge in [0.2, 0.25) is 0 Å². The van der Waals surface area contributed by atoms with Crippen molar-refractivity contribution in [2.45, 2.75) is 31.9 Å². The number of benzene rings is 1. The van der Waals surface area contributed by atoms with Crippen LogP contribution in [0, 0.1) is 15.9 Å². The fraction of sp³-hybridized carbons (Fsp3) is 0.400. The lowest BCUT2D eigenvalue weighted by Crippen LogP contribution is -2.43. The van der Waals surface area contributed by atoms with E-state index in [4.69, 9.17) is 9.47 Å². The Morgan fingerprint density at radius 3 is 2.81 bits per heavy atom. The highest BCUT2D eigenvalue weighted by Crippen LogP contribution is 2.32. The van der Waals surface area contributed by atoms with Crippen LogP contribution in [0.15, 0.2) is 24.4 Å². The van der Waals surface area contributed by atoms with Crippen molar-refractivity contribution in [3.63, 3.8) is 0 Å². The summed E-state index contributed by atoms with van der Waals surface area (Å²) in [6.07, 6.45) is -3.33. The minimum Gasteiger partial charge on any atom is -0.489 e. The molecule has 27 heavy (non-hydrogen) atoms. The highest BCUT2D eigenvalue weighted by molar-refractivity contribution is 5.33. The molecular weight excluding hydrogens is 378 g/mol. The zero-order valence-electron chi connectivity index (χ0n) is 13.8. The number of halogens is 4. The van der Waals surface area contributed by atoms with Gasteiger partial charge in [-0.25, -0.2) is 4.39 Å². The van der Waals surface area contributed by atoms with Crippen molar-refractivity contribution >= 4 is 5.82 Å². The number of nitro groups is 1. The molecule has 0 aliphatic carbocycles. The first-order chi connectivity index (χ1) is 12.5. The summed E-state index contributed by atoms with van der Waals surface area (Å²) in [5.41, 5.74) is -0.910. The summed E-state index contributed by atoms with van der Waals surface area (Å²) < 4.78 is 66.2. The van der Waals surface area contributed by atoms with Crippen LogP contribution < -0.4 is 14.2 Å². The van der Waals surface area contributed by atoms with Crippen molar-refractivity contribution in [2.75, 3.05) is 6.61 Å². The predicted octanol–water partition coefficient (Wildman–Crippen LogP) is 3.45. The van der Waals surface area contributed by atoms with E-state index in [0.717, 1.165) is 18.2 Å². The van der Waals surface area contributed by atoms with Crippen molar-refractivity contribution < 1.29 is 36.7 Å². The molecule has 1 aliphatic rings. The molecule has 0 bridgehead atoms. The summed E-state index contributed by atoms with van der Waals surface area (Å²) in [4.78, 5) is 13.9. The van der Waals surface area contributed by atoms with Gasteiger partial charge in [0.25, 0.3) is 0 Å². The molecule has 12 heteroatoms. The van der Waals surface area contributed by atoms with Crippen LogP contribution in [0.2, 0.25) is 0 Å². The Labute approximate surface area is 149 Å². The molecule has 0 saturated heterocycles. The summed E-state index contributed by atoms with van der Waals surface area (Å²) >= 11 is 0. The standard InChI is InChI=1S/C15H13F4N3O5/c1-14(4-5-21-7-12(22(23)24)20-13(21)27-14)8-25-9-2-3-11(10(16)6-9)26-15(17,18)19/h2-3,6-7H,4-5,8H2,1H3. The van der Waals surface area contributed by atoms with Crippen molar-refractivity contribution in [1.29, 1.82) is 0 Å². The summed E-state index contributed by atoms with van der Waals surface area (Å²) in [6.45, 7) is 1.99. The molecule has 2 aromatic rings. The molecule has 1 atom stereocenters. The SMILES string of the molecule is CC1(COc2ccc(OC(F)(F)F)c(F)c2)CCn2cc([N+](=O)[O-])nc2O1. The van der Waals surface area contributed by atoms with Crippen LogP contribution in [0.25, 0.3) is 0 Å². The fourth-order valence-corrected chi connectivity index (χ4v) is 2.46. The number of hydrogen-bond acceptors (Lipinski definition) is 6. The first kappa shape index (κ1) is 18.7. The zero-order chi connectivity index (χ0) is 19.8. The van der Waals surface area contributed by atoms with Crippen molar-refractivity contribution in [3.05, 3.63) is 40.3 Å². The van der Waals surface area contributed by atoms with Crippen LogP contribution in [-0.2, 0) is 6.54 Å². The molecule has 3 rings (SSSR count). The molecule has 0 amide bonds. The minimum atomic E-state index is -5.00. The third kappa shape index (κ3) is 4.38. The molecule has 1 aromatic heterocycles. The highest BCUT2D eigenvalue weighted by atomic mass is 19.4. The molecule has 0 saturated carbocycles. The van der Waals surface area contributed by atoms with Gasteiger partial charge in [-0.3, -0.25) is 4.57 Å². The lowest BCUT2D eigenvalue weighted by molar-refractivity contribution is -0.389. The number of ether oxygens (including phenoxy) is 3. The largest absolute Gasteiger partial charge is 0.573 e. The Balaban J connectivity index is 1.66.